The lowest BCUT2D eigenvalue weighted by Gasteiger charge is -2.24. The summed E-state index contributed by atoms with van der Waals surface area (Å²) in [6.07, 6.45) is 3.50. The molecule has 3 N–H and O–H groups in total. The topological polar surface area (TPSA) is 504 Å². The Bertz CT molecular complexity index is 3720. The number of rotatable bonds is 72. The Morgan fingerprint density at radius 2 is 0.442 bits per heavy atom. The van der Waals surface area contributed by atoms with Crippen LogP contribution in [-0.4, -0.2) is 320 Å². The van der Waals surface area contributed by atoms with Gasteiger partial charge in [0.1, 0.15) is 66.1 Å². The van der Waals surface area contributed by atoms with Gasteiger partial charge in [0.05, 0.1) is 59.3 Å². The molecular formula is C97H147N7O34. The van der Waals surface area contributed by atoms with E-state index in [0.717, 1.165) is 5.69 Å². The fraction of sp³-hybridized carbons (Fsp3) is 0.567. The van der Waals surface area contributed by atoms with E-state index in [1.54, 1.807) is 46.4 Å². The molecular weight excluding hydrogens is 1810 g/mol. The van der Waals surface area contributed by atoms with Crippen LogP contribution < -0.4 is 20.9 Å². The average molecular weight is 1960 g/mol. The van der Waals surface area contributed by atoms with Gasteiger partial charge in [-0.2, -0.15) is 0 Å². The van der Waals surface area contributed by atoms with Crippen LogP contribution in [0.1, 0.15) is 165 Å². The predicted octanol–water partition coefficient (Wildman–Crippen LogP) is 8.15. The summed E-state index contributed by atoms with van der Waals surface area (Å²) in [5.41, 5.74) is 3.78. The van der Waals surface area contributed by atoms with Gasteiger partial charge in [0.15, 0.2) is 0 Å². The van der Waals surface area contributed by atoms with Gasteiger partial charge in [-0.25, -0.2) is 38.4 Å². The van der Waals surface area contributed by atoms with Gasteiger partial charge in [0, 0.05) is 166 Å². The molecule has 0 aliphatic rings. The number of benzene rings is 1. The molecule has 774 valence electrons. The third-order valence-corrected chi connectivity index (χ3v) is 17.4. The van der Waals surface area contributed by atoms with Crippen molar-refractivity contribution >= 4 is 113 Å². The highest BCUT2D eigenvalue weighted by Crippen LogP contribution is 2.14. The molecule has 138 heavy (non-hydrogen) atoms. The molecule has 0 unspecified atom stereocenters. The van der Waals surface area contributed by atoms with Gasteiger partial charge >= 0.3 is 95.6 Å². The minimum absolute atomic E-state index is 0.0205. The van der Waals surface area contributed by atoms with E-state index in [2.05, 4.69) is 75.2 Å². The van der Waals surface area contributed by atoms with Crippen molar-refractivity contribution in [3.05, 3.63) is 140 Å². The molecule has 0 heterocycles. The lowest BCUT2D eigenvalue weighted by Crippen LogP contribution is -2.36. The number of amides is 3. The van der Waals surface area contributed by atoms with E-state index in [1.807, 2.05) is 59.1 Å². The Morgan fingerprint density at radius 3 is 0.674 bits per heavy atom. The van der Waals surface area contributed by atoms with Crippen molar-refractivity contribution in [2.75, 3.05) is 203 Å². The minimum atomic E-state index is -0.719. The van der Waals surface area contributed by atoms with Crippen molar-refractivity contribution < 1.29 is 162 Å². The molecule has 41 nitrogen and oxygen atoms in total. The van der Waals surface area contributed by atoms with Crippen molar-refractivity contribution in [1.82, 2.24) is 30.7 Å². The smallest absolute Gasteiger partial charge is 0.407 e. The largest absolute Gasteiger partial charge is 0.464 e. The number of nitrogens with zero attached hydrogens (tertiary/aromatic N) is 4. The zero-order valence-electron chi connectivity index (χ0n) is 82.5. The van der Waals surface area contributed by atoms with Crippen molar-refractivity contribution in [2.24, 2.45) is 0 Å². The first-order valence-corrected chi connectivity index (χ1v) is 45.0. The summed E-state index contributed by atoms with van der Waals surface area (Å²) in [5, 5.41) is 7.75. The molecule has 0 spiro atoms. The van der Waals surface area contributed by atoms with Crippen LogP contribution in [0.25, 0.3) is 0 Å². The normalized spacial score (nSPS) is 10.2. The molecule has 0 saturated heterocycles. The van der Waals surface area contributed by atoms with Crippen molar-refractivity contribution in [3.63, 3.8) is 0 Å². The molecule has 0 bridgehead atoms. The minimum Gasteiger partial charge on any atom is -0.464 e. The standard InChI is InChI=1S/C29H44N2O12.C26H35NO8.C21H35N3O6.C21H33NO8/c1-21(2)26(34)40-15-7-9-24(32)38-18-12-31(13-19-39-25(33)10-8-16-41-27(35)22(3)4)14-20-43-29(37)30-11-17-42-28(36)23(5)6;1-20(2)25(30)34-16-8-12-23(28)32-18-14-27(22-10-6-5-7-11-22)15-19-33-24(29)13-9-17-35-26(31)21(3)4;1-16(2)20(27)22-10-6-8-18(25)29-14-12-24(5)13-15-30-19(26)9-7-11-23-21(28)17(3)4;1-16(2)20(25)29-12-6-8-18(23)27-14-10-22(5)11-15-28-19(24)9-7-13-30-21(26)17(3)4/h1,3,5,7-20H2,2,4,6H3,(H,30,37);5-7,10-11H,1,3,8-9,12-19H2,2,4H3;1,3,6-15H2,2,4-5H3,(H,22,27)(H,23,28);1,3,6-15H2,2,4-5H3. The second-order valence-electron chi connectivity index (χ2n) is 30.9. The molecule has 3 amide bonds. The number of carbonyl (C=O) groups is 18. The second kappa shape index (κ2) is 82.1. The van der Waals surface area contributed by atoms with Gasteiger partial charge < -0.3 is 96.6 Å². The Balaban J connectivity index is -0.00000178. The number of nitrogens with one attached hydrogen (secondary N) is 3. The molecule has 0 fully saturated rings. The maximum Gasteiger partial charge on any atom is 0.407 e. The van der Waals surface area contributed by atoms with E-state index < -0.39 is 59.8 Å². The number of likely N-dealkylation sites (N-methyl/N-ethyl adjacent to an activating group) is 2. The molecule has 1 rings (SSSR count). The van der Waals surface area contributed by atoms with Crippen LogP contribution in [0, 0.1) is 0 Å². The third kappa shape index (κ3) is 79.1. The van der Waals surface area contributed by atoms with E-state index in [1.165, 1.54) is 20.8 Å². The van der Waals surface area contributed by atoms with Crippen LogP contribution in [-0.2, 0) is 157 Å². The summed E-state index contributed by atoms with van der Waals surface area (Å²) >= 11 is 0. The maximum atomic E-state index is 12.0. The maximum absolute atomic E-state index is 12.0. The summed E-state index contributed by atoms with van der Waals surface area (Å²) < 4.78 is 81.0. The zero-order chi connectivity index (χ0) is 105. The Labute approximate surface area is 810 Å². The van der Waals surface area contributed by atoms with E-state index in [9.17, 15) is 86.3 Å². The number of hydrogen-bond donors (Lipinski definition) is 3. The number of hydrogen-bond acceptors (Lipinski definition) is 38. The summed E-state index contributed by atoms with van der Waals surface area (Å²) in [4.78, 5) is 215. The highest BCUT2D eigenvalue weighted by Gasteiger charge is 2.19. The third-order valence-electron chi connectivity index (χ3n) is 17.4. The van der Waals surface area contributed by atoms with E-state index in [4.69, 9.17) is 75.8 Å². The van der Waals surface area contributed by atoms with E-state index >= 15 is 0 Å². The lowest BCUT2D eigenvalue weighted by molar-refractivity contribution is -0.147. The molecule has 0 radical (unpaired) electrons. The SMILES string of the molecule is C=C(C)C(=O)NCCCC(=O)OCCN(C)CCOC(=O)CCCNC(=O)C(=C)C.C=C(C)C(=O)OCCCC(=O)OCCN(C)CCOC(=O)CCCOC(=O)C(=C)C.C=C(C)C(=O)OCCCC(=O)OCCN(CCOC(=O)CCCOC(=O)C(=C)C)CCOC(=O)NCCOC(=O)C(=C)C.C=C(C)C(=O)OCCCC(=O)OCCN(CCOC(=O)CCCOC(=O)C(=C)C)c1ccccc1. The molecule has 0 saturated carbocycles. The van der Waals surface area contributed by atoms with E-state index in [-0.39, 0.29) is 248 Å². The van der Waals surface area contributed by atoms with Crippen LogP contribution >= 0.6 is 0 Å². The molecule has 0 aliphatic carbocycles. The quantitative estimate of drug-likeness (QED) is 0.0239. The number of anilines is 1. The van der Waals surface area contributed by atoms with Crippen molar-refractivity contribution in [1.29, 1.82) is 0 Å². The summed E-state index contributed by atoms with van der Waals surface area (Å²) in [7, 11) is 3.65. The Morgan fingerprint density at radius 1 is 0.232 bits per heavy atom. The lowest BCUT2D eigenvalue weighted by atomic mass is 10.3. The predicted molar refractivity (Wildman–Crippen MR) is 507 cm³/mol. The van der Waals surface area contributed by atoms with Gasteiger partial charge in [-0.05, 0) is 140 Å². The first-order valence-electron chi connectivity index (χ1n) is 45.0. The van der Waals surface area contributed by atoms with Gasteiger partial charge in [0.25, 0.3) is 0 Å². The van der Waals surface area contributed by atoms with Crippen LogP contribution in [0.15, 0.2) is 140 Å². The van der Waals surface area contributed by atoms with Gasteiger partial charge in [-0.15, -0.1) is 0 Å². The van der Waals surface area contributed by atoms with Gasteiger partial charge in [0.2, 0.25) is 11.8 Å². The van der Waals surface area contributed by atoms with Crippen LogP contribution in [0.5, 0.6) is 0 Å². The second-order valence-corrected chi connectivity index (χ2v) is 30.9. The van der Waals surface area contributed by atoms with Gasteiger partial charge in [-0.3, -0.25) is 62.6 Å². The van der Waals surface area contributed by atoms with Crippen LogP contribution in [0.2, 0.25) is 0 Å². The number of para-hydroxylation sites is 1. The number of esters is 15. The Kier molecular flexibility index (Phi) is 76.7. The highest BCUT2D eigenvalue weighted by molar-refractivity contribution is 5.93. The molecule has 1 aromatic rings. The number of carbonyl (C=O) groups excluding carboxylic acids is 18. The summed E-state index contributed by atoms with van der Waals surface area (Å²) in [6.45, 7) is 51.7. The molecule has 1 aromatic carbocycles. The first-order chi connectivity index (χ1) is 65.3. The number of ether oxygens (including phenoxy) is 16. The fourth-order valence-electron chi connectivity index (χ4n) is 9.46. The van der Waals surface area contributed by atoms with E-state index in [0.29, 0.717) is 137 Å². The molecule has 0 aliphatic heterocycles. The molecule has 0 aromatic heterocycles. The van der Waals surface area contributed by atoms with Gasteiger partial charge in [-0.1, -0.05) is 77.4 Å². The van der Waals surface area contributed by atoms with Crippen LogP contribution in [0.3, 0.4) is 0 Å². The number of alkyl carbamates (subject to hydrolysis) is 1. The summed E-state index contributed by atoms with van der Waals surface area (Å²) in [6, 6.07) is 9.49. The molecule has 41 heteroatoms. The monoisotopic (exact) mass is 1950 g/mol. The average Bonchev–Trinajstić information content (AvgIpc) is 0.892. The zero-order valence-corrected chi connectivity index (χ0v) is 82.5. The first kappa shape index (κ1) is 129. The Hall–Kier alpha value is -13.2. The highest BCUT2D eigenvalue weighted by atomic mass is 16.6. The van der Waals surface area contributed by atoms with Crippen molar-refractivity contribution in [2.45, 2.75) is 165 Å². The summed E-state index contributed by atoms with van der Waals surface area (Å²) in [5.74, 6) is -7.09. The fourth-order valence-corrected chi connectivity index (χ4v) is 9.46. The van der Waals surface area contributed by atoms with Crippen molar-refractivity contribution in [3.8, 4) is 0 Å². The van der Waals surface area contributed by atoms with Crippen LogP contribution in [0.4, 0.5) is 10.5 Å². The molecule has 0 atom stereocenters.